The molecule has 3 aromatic carbocycles. The number of benzene rings is 3. The molecule has 0 aliphatic carbocycles. The fourth-order valence-corrected chi connectivity index (χ4v) is 11.8. The average molecular weight is 395 g/mol. The van der Waals surface area contributed by atoms with E-state index < -0.39 is 14.6 Å². The maximum atomic E-state index is 14.4. The Morgan fingerprint density at radius 2 is 1.30 bits per heavy atom. The van der Waals surface area contributed by atoms with Crippen molar-refractivity contribution in [2.75, 3.05) is 12.3 Å². The maximum absolute atomic E-state index is 14.4. The summed E-state index contributed by atoms with van der Waals surface area (Å²) >= 11 is 0. The second kappa shape index (κ2) is 7.72. The molecule has 0 saturated carbocycles. The molecule has 1 saturated heterocycles. The highest BCUT2D eigenvalue weighted by Crippen LogP contribution is 2.67. The zero-order chi connectivity index (χ0) is 18.7. The summed E-state index contributed by atoms with van der Waals surface area (Å²) in [5, 5.41) is 2.84. The summed E-state index contributed by atoms with van der Waals surface area (Å²) in [5.41, 5.74) is 0.0890. The summed E-state index contributed by atoms with van der Waals surface area (Å²) in [6.07, 6.45) is 3.34. The van der Waals surface area contributed by atoms with E-state index in [1.54, 1.807) is 0 Å². The number of rotatable bonds is 5. The van der Waals surface area contributed by atoms with E-state index in [-0.39, 0.29) is 5.66 Å². The molecule has 1 heterocycles. The predicted octanol–water partition coefficient (Wildman–Crippen LogP) is 4.41. The third-order valence-electron chi connectivity index (χ3n) is 5.66. The molecule has 0 spiro atoms. The van der Waals surface area contributed by atoms with Gasteiger partial charge in [0, 0.05) is 29.9 Å². The van der Waals surface area contributed by atoms with Gasteiger partial charge in [-0.05, 0) is 24.3 Å². The highest BCUT2D eigenvalue weighted by atomic mass is 31.2. The van der Waals surface area contributed by atoms with Crippen molar-refractivity contribution in [3.05, 3.63) is 91.0 Å². The van der Waals surface area contributed by atoms with Crippen LogP contribution in [0.15, 0.2) is 91.0 Å². The minimum Gasteiger partial charge on any atom is -0.375 e. The molecule has 1 N–H and O–H groups in total. The standard InChI is InChI=1S/C23H25O2P2/c24-26(20-11-4-1-5-12-20)18-10-17-23(26)19-27(25,21-13-6-2-7-14-21)22-15-8-3-9-16-22/h1-9,11-16,23-24H,10,17-19H2/t23-/m0/s1. The number of hydrogen-bond acceptors (Lipinski definition) is 2. The van der Waals surface area contributed by atoms with E-state index in [4.69, 9.17) is 0 Å². The fraction of sp³-hybridized carbons (Fsp3) is 0.217. The zero-order valence-corrected chi connectivity index (χ0v) is 17.1. The quantitative estimate of drug-likeness (QED) is 0.650. The molecule has 1 radical (unpaired) electrons. The van der Waals surface area contributed by atoms with Crippen LogP contribution in [0.4, 0.5) is 0 Å². The Labute approximate surface area is 162 Å². The first-order valence-corrected chi connectivity index (χ1v) is 13.4. The van der Waals surface area contributed by atoms with E-state index in [2.05, 4.69) is 0 Å². The minimum atomic E-state index is -2.81. The molecule has 0 unspecified atom stereocenters. The molecule has 139 valence electrons. The second-order valence-electron chi connectivity index (χ2n) is 7.28. The largest absolute Gasteiger partial charge is 0.375 e. The smallest absolute Gasteiger partial charge is 0.143 e. The van der Waals surface area contributed by atoms with E-state index in [0.29, 0.717) is 6.16 Å². The summed E-state index contributed by atoms with van der Waals surface area (Å²) in [7, 11) is -5.10. The van der Waals surface area contributed by atoms with Gasteiger partial charge in [0.25, 0.3) is 0 Å². The van der Waals surface area contributed by atoms with Crippen LogP contribution in [0.5, 0.6) is 0 Å². The molecule has 4 rings (SSSR count). The number of hydrogen-bond donors (Lipinski definition) is 1. The SMILES string of the molecule is O=P(C[C@@H]1CCC[P@]1(O)c1ccccc1)(c1ccccc1)c1ccccc1. The van der Waals surface area contributed by atoms with E-state index in [9.17, 15) is 9.46 Å². The lowest BCUT2D eigenvalue weighted by Gasteiger charge is -2.35. The highest BCUT2D eigenvalue weighted by Gasteiger charge is 2.44. The van der Waals surface area contributed by atoms with Gasteiger partial charge in [-0.2, -0.15) is 0 Å². The first kappa shape index (κ1) is 18.6. The lowest BCUT2D eigenvalue weighted by atomic mass is 10.3. The van der Waals surface area contributed by atoms with Crippen molar-refractivity contribution < 1.29 is 9.46 Å². The molecule has 1 aliphatic rings. The van der Waals surface area contributed by atoms with Crippen LogP contribution < -0.4 is 15.9 Å². The van der Waals surface area contributed by atoms with Gasteiger partial charge in [-0.15, -0.1) is 0 Å². The molecule has 0 amide bonds. The van der Waals surface area contributed by atoms with Gasteiger partial charge in [0.15, 0.2) is 0 Å². The van der Waals surface area contributed by atoms with Gasteiger partial charge in [-0.25, -0.2) is 0 Å². The van der Waals surface area contributed by atoms with Gasteiger partial charge in [0.2, 0.25) is 0 Å². The van der Waals surface area contributed by atoms with Crippen LogP contribution in [0.2, 0.25) is 0 Å². The molecule has 1 aliphatic heterocycles. The molecule has 0 aromatic heterocycles. The first-order chi connectivity index (χ1) is 13.1. The van der Waals surface area contributed by atoms with Crippen molar-refractivity contribution in [3.8, 4) is 0 Å². The molecule has 4 heteroatoms. The normalized spacial score (nSPS) is 22.6. The molecule has 0 bridgehead atoms. The van der Waals surface area contributed by atoms with Crippen LogP contribution in [0, 0.1) is 0 Å². The lowest BCUT2D eigenvalue weighted by molar-refractivity contribution is 0.580. The summed E-state index contributed by atoms with van der Waals surface area (Å²) in [6, 6.07) is 29.7. The molecular weight excluding hydrogens is 370 g/mol. The van der Waals surface area contributed by atoms with E-state index in [0.717, 1.165) is 34.9 Å². The minimum absolute atomic E-state index is 0.0890. The molecule has 3 aromatic rings. The fourth-order valence-electron chi connectivity index (χ4n) is 4.21. The third kappa shape index (κ3) is 3.55. The van der Waals surface area contributed by atoms with Crippen LogP contribution >= 0.6 is 14.6 Å². The highest BCUT2D eigenvalue weighted by molar-refractivity contribution is 7.82. The lowest BCUT2D eigenvalue weighted by Crippen LogP contribution is -2.28. The van der Waals surface area contributed by atoms with Gasteiger partial charge in [0.05, 0.1) is 0 Å². The molecule has 2 nitrogen and oxygen atoms in total. The predicted molar refractivity (Wildman–Crippen MR) is 118 cm³/mol. The van der Waals surface area contributed by atoms with Crippen molar-refractivity contribution in [1.29, 1.82) is 0 Å². The second-order valence-corrected chi connectivity index (χ2v) is 13.5. The van der Waals surface area contributed by atoms with Gasteiger partial charge >= 0.3 is 0 Å². The van der Waals surface area contributed by atoms with Gasteiger partial charge in [0.1, 0.15) is 7.14 Å². The van der Waals surface area contributed by atoms with Gasteiger partial charge < -0.3 is 9.46 Å². The maximum Gasteiger partial charge on any atom is 0.143 e. The molecule has 1 fully saturated rings. The van der Waals surface area contributed by atoms with E-state index >= 15 is 0 Å². The Bertz CT molecular complexity index is 885. The van der Waals surface area contributed by atoms with Crippen LogP contribution in [0.25, 0.3) is 0 Å². The van der Waals surface area contributed by atoms with Crippen molar-refractivity contribution in [3.63, 3.8) is 0 Å². The topological polar surface area (TPSA) is 37.3 Å². The van der Waals surface area contributed by atoms with Crippen molar-refractivity contribution in [2.45, 2.75) is 18.5 Å². The Morgan fingerprint density at radius 1 is 0.815 bits per heavy atom. The van der Waals surface area contributed by atoms with Gasteiger partial charge in [-0.1, -0.05) is 91.0 Å². The monoisotopic (exact) mass is 395 g/mol. The summed E-state index contributed by atoms with van der Waals surface area (Å²) < 4.78 is 14.4. The average Bonchev–Trinajstić information content (AvgIpc) is 3.11. The summed E-state index contributed by atoms with van der Waals surface area (Å²) in [4.78, 5) is 11.7. The molecule has 2 atom stereocenters. The first-order valence-electron chi connectivity index (χ1n) is 9.49. The molecular formula is C23H25O2P2. The van der Waals surface area contributed by atoms with Crippen molar-refractivity contribution in [1.82, 2.24) is 0 Å². The van der Waals surface area contributed by atoms with Crippen molar-refractivity contribution >= 4 is 30.5 Å². The summed E-state index contributed by atoms with van der Waals surface area (Å²) in [6.45, 7) is 0. The van der Waals surface area contributed by atoms with Crippen LogP contribution in [0.3, 0.4) is 0 Å². The van der Waals surface area contributed by atoms with E-state index in [1.165, 1.54) is 0 Å². The van der Waals surface area contributed by atoms with E-state index in [1.807, 2.05) is 91.0 Å². The van der Waals surface area contributed by atoms with Crippen LogP contribution in [-0.2, 0) is 4.57 Å². The Kier molecular flexibility index (Phi) is 5.33. The molecule has 27 heavy (non-hydrogen) atoms. The summed E-state index contributed by atoms with van der Waals surface area (Å²) in [5.74, 6) is 0. The Hall–Kier alpha value is -1.72. The third-order valence-corrected chi connectivity index (χ3v) is 13.0. The van der Waals surface area contributed by atoms with Crippen LogP contribution in [-0.4, -0.2) is 22.9 Å². The zero-order valence-electron chi connectivity index (χ0n) is 15.3. The van der Waals surface area contributed by atoms with Crippen LogP contribution in [0.1, 0.15) is 12.8 Å². The Morgan fingerprint density at radius 3 is 1.81 bits per heavy atom. The van der Waals surface area contributed by atoms with Crippen molar-refractivity contribution in [2.24, 2.45) is 0 Å². The van der Waals surface area contributed by atoms with Gasteiger partial charge in [-0.3, -0.25) is 0 Å². The Balaban J connectivity index is 1.76.